The summed E-state index contributed by atoms with van der Waals surface area (Å²) in [5.74, 6) is 0.0322. The van der Waals surface area contributed by atoms with Gasteiger partial charge in [0.2, 0.25) is 0 Å². The molecule has 102 valence electrons. The lowest BCUT2D eigenvalue weighted by Gasteiger charge is -2.44. The van der Waals surface area contributed by atoms with Crippen LogP contribution in [0.1, 0.15) is 22.8 Å². The van der Waals surface area contributed by atoms with Gasteiger partial charge < -0.3 is 10.2 Å². The first-order chi connectivity index (χ1) is 9.52. The number of hydrogen-bond acceptors (Lipinski definition) is 2. The van der Waals surface area contributed by atoms with Gasteiger partial charge in [0.05, 0.1) is 5.56 Å². The Morgan fingerprint density at radius 3 is 2.45 bits per heavy atom. The molecule has 0 fully saturated rings. The molecule has 0 saturated carbocycles. The maximum absolute atomic E-state index is 12.5. The van der Waals surface area contributed by atoms with Crippen LogP contribution in [0.2, 0.25) is 0 Å². The van der Waals surface area contributed by atoms with E-state index in [4.69, 9.17) is 0 Å². The number of carbonyl (C=O) groups excluding carboxylic acids is 1. The van der Waals surface area contributed by atoms with E-state index >= 15 is 0 Å². The molecule has 3 nitrogen and oxygen atoms in total. The molecule has 0 spiro atoms. The lowest BCUT2D eigenvalue weighted by atomic mass is 9.94. The Kier molecular flexibility index (Phi) is 3.05. The highest BCUT2D eigenvalue weighted by atomic mass is 79.9. The molecule has 1 N–H and O–H groups in total. The van der Waals surface area contributed by atoms with Crippen molar-refractivity contribution in [2.24, 2.45) is 0 Å². The van der Waals surface area contributed by atoms with Crippen LogP contribution >= 0.6 is 15.9 Å². The van der Waals surface area contributed by atoms with Gasteiger partial charge in [0.15, 0.2) is 0 Å². The number of nitrogens with zero attached hydrogens (tertiary/aromatic N) is 1. The van der Waals surface area contributed by atoms with E-state index in [-0.39, 0.29) is 5.91 Å². The number of anilines is 1. The van der Waals surface area contributed by atoms with Gasteiger partial charge in [0, 0.05) is 17.2 Å². The normalized spacial score (nSPS) is 21.4. The first-order valence-electron chi connectivity index (χ1n) is 6.44. The minimum Gasteiger partial charge on any atom is -0.358 e. The van der Waals surface area contributed by atoms with Crippen molar-refractivity contribution in [3.8, 4) is 0 Å². The van der Waals surface area contributed by atoms with Crippen LogP contribution in [0.15, 0.2) is 53.0 Å². The zero-order valence-corrected chi connectivity index (χ0v) is 12.9. The molecule has 0 saturated heterocycles. The molecule has 20 heavy (non-hydrogen) atoms. The zero-order valence-electron chi connectivity index (χ0n) is 11.4. The number of halogens is 1. The molecule has 0 aromatic heterocycles. The van der Waals surface area contributed by atoms with E-state index in [2.05, 4.69) is 21.2 Å². The van der Waals surface area contributed by atoms with Gasteiger partial charge >= 0.3 is 0 Å². The summed E-state index contributed by atoms with van der Waals surface area (Å²) in [5.41, 5.74) is 2.09. The number of hydrogen-bond donors (Lipinski definition) is 1. The molecule has 4 heteroatoms. The minimum atomic E-state index is -0.549. The van der Waals surface area contributed by atoms with Crippen LogP contribution in [0.3, 0.4) is 0 Å². The molecule has 1 heterocycles. The highest BCUT2D eigenvalue weighted by Gasteiger charge is 2.39. The van der Waals surface area contributed by atoms with Crippen molar-refractivity contribution in [3.63, 3.8) is 0 Å². The third-order valence-electron chi connectivity index (χ3n) is 3.92. The Bertz CT molecular complexity index is 668. The van der Waals surface area contributed by atoms with Gasteiger partial charge in [-0.3, -0.25) is 4.79 Å². The Labute approximate surface area is 126 Å². The Hall–Kier alpha value is -1.81. The maximum atomic E-state index is 12.5. The molecular formula is C16H15BrN2O. The summed E-state index contributed by atoms with van der Waals surface area (Å²) in [4.78, 5) is 14.3. The van der Waals surface area contributed by atoms with Crippen molar-refractivity contribution in [2.75, 3.05) is 12.4 Å². The van der Waals surface area contributed by atoms with E-state index in [1.165, 1.54) is 0 Å². The summed E-state index contributed by atoms with van der Waals surface area (Å²) in [6, 6.07) is 15.6. The maximum Gasteiger partial charge on any atom is 0.257 e. The van der Waals surface area contributed by atoms with Gasteiger partial charge in [0.1, 0.15) is 5.66 Å². The molecule has 0 aliphatic carbocycles. The molecule has 1 aliphatic heterocycles. The number of amides is 1. The Balaban J connectivity index is 2.11. The molecule has 0 bridgehead atoms. The summed E-state index contributed by atoms with van der Waals surface area (Å²) in [6.07, 6.45) is 0. The van der Waals surface area contributed by atoms with Crippen molar-refractivity contribution < 1.29 is 4.79 Å². The van der Waals surface area contributed by atoms with Gasteiger partial charge in [0.25, 0.3) is 5.91 Å². The van der Waals surface area contributed by atoms with E-state index in [9.17, 15) is 4.79 Å². The van der Waals surface area contributed by atoms with E-state index in [1.807, 2.05) is 62.5 Å². The highest BCUT2D eigenvalue weighted by Crippen LogP contribution is 2.36. The SMILES string of the molecule is CN1C(=O)c2ccccc2NC1(C)c1ccc(Br)cc1. The molecule has 0 radical (unpaired) electrons. The Morgan fingerprint density at radius 1 is 1.10 bits per heavy atom. The smallest absolute Gasteiger partial charge is 0.257 e. The van der Waals surface area contributed by atoms with Gasteiger partial charge in [-0.15, -0.1) is 0 Å². The van der Waals surface area contributed by atoms with Crippen LogP contribution in [0.5, 0.6) is 0 Å². The number of nitrogens with one attached hydrogen (secondary N) is 1. The molecule has 1 atom stereocenters. The van der Waals surface area contributed by atoms with E-state index in [0.29, 0.717) is 5.56 Å². The molecule has 2 aromatic rings. The number of rotatable bonds is 1. The fourth-order valence-corrected chi connectivity index (χ4v) is 2.81. The number of carbonyl (C=O) groups is 1. The topological polar surface area (TPSA) is 32.3 Å². The number of benzene rings is 2. The fraction of sp³-hybridized carbons (Fsp3) is 0.188. The average Bonchev–Trinajstić information content (AvgIpc) is 2.46. The molecule has 3 rings (SSSR count). The van der Waals surface area contributed by atoms with Crippen LogP contribution in [0.25, 0.3) is 0 Å². The zero-order chi connectivity index (χ0) is 14.3. The number of para-hydroxylation sites is 1. The second-order valence-corrected chi connectivity index (χ2v) is 6.03. The van der Waals surface area contributed by atoms with Crippen molar-refractivity contribution in [2.45, 2.75) is 12.6 Å². The monoisotopic (exact) mass is 330 g/mol. The van der Waals surface area contributed by atoms with Crippen molar-refractivity contribution in [1.82, 2.24) is 4.90 Å². The molecule has 1 amide bonds. The van der Waals surface area contributed by atoms with E-state index < -0.39 is 5.66 Å². The lowest BCUT2D eigenvalue weighted by molar-refractivity contribution is 0.0615. The lowest BCUT2D eigenvalue weighted by Crippen LogP contribution is -2.53. The summed E-state index contributed by atoms with van der Waals surface area (Å²) in [5, 5.41) is 3.48. The summed E-state index contributed by atoms with van der Waals surface area (Å²) < 4.78 is 1.02. The van der Waals surface area contributed by atoms with Crippen LogP contribution in [-0.2, 0) is 5.66 Å². The van der Waals surface area contributed by atoms with E-state index in [1.54, 1.807) is 4.90 Å². The van der Waals surface area contributed by atoms with Crippen LogP contribution < -0.4 is 5.32 Å². The van der Waals surface area contributed by atoms with Crippen molar-refractivity contribution >= 4 is 27.5 Å². The highest BCUT2D eigenvalue weighted by molar-refractivity contribution is 9.10. The van der Waals surface area contributed by atoms with Crippen molar-refractivity contribution in [3.05, 3.63) is 64.1 Å². The van der Waals surface area contributed by atoms with Crippen LogP contribution in [0, 0.1) is 0 Å². The predicted molar refractivity (Wildman–Crippen MR) is 83.7 cm³/mol. The van der Waals surface area contributed by atoms with Gasteiger partial charge in [-0.25, -0.2) is 0 Å². The number of fused-ring (bicyclic) bond motifs is 1. The van der Waals surface area contributed by atoms with E-state index in [0.717, 1.165) is 15.7 Å². The Morgan fingerprint density at radius 2 is 1.75 bits per heavy atom. The molecule has 1 unspecified atom stereocenters. The third kappa shape index (κ3) is 1.91. The second-order valence-electron chi connectivity index (χ2n) is 5.11. The molecular weight excluding hydrogens is 316 g/mol. The molecule has 1 aliphatic rings. The van der Waals surface area contributed by atoms with Gasteiger partial charge in [-0.1, -0.05) is 40.2 Å². The summed E-state index contributed by atoms with van der Waals surface area (Å²) >= 11 is 3.44. The van der Waals surface area contributed by atoms with Gasteiger partial charge in [-0.05, 0) is 36.8 Å². The second kappa shape index (κ2) is 4.63. The largest absolute Gasteiger partial charge is 0.358 e. The standard InChI is InChI=1S/C16H15BrN2O/c1-16(11-7-9-12(17)10-8-11)18-14-6-4-3-5-13(14)15(20)19(16)2/h3-10,18H,1-2H3. The van der Waals surface area contributed by atoms with Crippen molar-refractivity contribution in [1.29, 1.82) is 0 Å². The summed E-state index contributed by atoms with van der Waals surface area (Å²) in [7, 11) is 1.83. The predicted octanol–water partition coefficient (Wildman–Crippen LogP) is 3.82. The third-order valence-corrected chi connectivity index (χ3v) is 4.45. The quantitative estimate of drug-likeness (QED) is 0.862. The van der Waals surface area contributed by atoms with Crippen LogP contribution in [-0.4, -0.2) is 17.9 Å². The fourth-order valence-electron chi connectivity index (χ4n) is 2.55. The van der Waals surface area contributed by atoms with Gasteiger partial charge in [-0.2, -0.15) is 0 Å². The molecule has 2 aromatic carbocycles. The summed E-state index contributed by atoms with van der Waals surface area (Å²) in [6.45, 7) is 2.02. The minimum absolute atomic E-state index is 0.0322. The first kappa shape index (κ1) is 13.2. The first-order valence-corrected chi connectivity index (χ1v) is 7.23. The average molecular weight is 331 g/mol. The van der Waals surface area contributed by atoms with Crippen LogP contribution in [0.4, 0.5) is 5.69 Å².